The topological polar surface area (TPSA) is 86.2 Å². The van der Waals surface area contributed by atoms with Gasteiger partial charge in [0.05, 0.1) is 23.1 Å². The van der Waals surface area contributed by atoms with Crippen LogP contribution in [0.3, 0.4) is 0 Å². The number of amides is 1. The van der Waals surface area contributed by atoms with Gasteiger partial charge in [0.15, 0.2) is 0 Å². The Morgan fingerprint density at radius 2 is 1.79 bits per heavy atom. The highest BCUT2D eigenvalue weighted by Gasteiger charge is 2.33. The third-order valence-corrected chi connectivity index (χ3v) is 6.82. The molecule has 4 aromatic rings. The van der Waals surface area contributed by atoms with Crippen LogP contribution in [0.1, 0.15) is 49.3 Å². The molecule has 0 unspecified atom stereocenters. The number of carbonyl (C=O) groups is 1. The van der Waals surface area contributed by atoms with E-state index in [0.29, 0.717) is 25.9 Å². The average molecular weight is 553 g/mol. The average Bonchev–Trinajstić information content (AvgIpc) is 3.48. The smallest absolute Gasteiger partial charge is 0.415 e. The third kappa shape index (κ3) is 5.02. The zero-order valence-corrected chi connectivity index (χ0v) is 20.4. The van der Waals surface area contributed by atoms with Gasteiger partial charge in [0, 0.05) is 37.2 Å². The molecule has 1 aliphatic rings. The summed E-state index contributed by atoms with van der Waals surface area (Å²) in [5.41, 5.74) is -1.36. The molecule has 1 aliphatic heterocycles. The summed E-state index contributed by atoms with van der Waals surface area (Å²) < 4.78 is 88.4. The summed E-state index contributed by atoms with van der Waals surface area (Å²) in [4.78, 5) is 26.9. The molecule has 0 saturated carbocycles. The van der Waals surface area contributed by atoms with Crippen molar-refractivity contribution in [2.75, 3.05) is 13.1 Å². The van der Waals surface area contributed by atoms with E-state index in [1.54, 1.807) is 4.90 Å². The summed E-state index contributed by atoms with van der Waals surface area (Å²) in [6, 6.07) is 6.15. The number of rotatable bonds is 5. The monoisotopic (exact) mass is 553 g/mol. The summed E-state index contributed by atoms with van der Waals surface area (Å²) in [5, 5.41) is 6.66. The lowest BCUT2D eigenvalue weighted by Gasteiger charge is -2.31. The van der Waals surface area contributed by atoms with Crippen molar-refractivity contribution in [1.29, 1.82) is 0 Å². The van der Waals surface area contributed by atoms with Gasteiger partial charge in [-0.1, -0.05) is 6.07 Å². The van der Waals surface area contributed by atoms with Crippen LogP contribution in [-0.4, -0.2) is 43.2 Å². The van der Waals surface area contributed by atoms with E-state index in [1.165, 1.54) is 29.7 Å². The first-order valence-corrected chi connectivity index (χ1v) is 11.9. The van der Waals surface area contributed by atoms with Gasteiger partial charge in [-0.05, 0) is 43.2 Å². The Morgan fingerprint density at radius 3 is 2.38 bits per heavy atom. The van der Waals surface area contributed by atoms with Gasteiger partial charge in [-0.2, -0.15) is 22.0 Å². The Bertz CT molecular complexity index is 1600. The number of hydrogen-bond donors (Lipinski definition) is 0. The second kappa shape index (κ2) is 9.89. The first-order chi connectivity index (χ1) is 18.4. The SMILES string of the molecule is CC(=O)N1CCC(n2c(=O)n(Cc3ccc(-c4nnc(C(F)F)o4)cc3F)c3cc(C(F)(F)F)ccc32)CC1. The summed E-state index contributed by atoms with van der Waals surface area (Å²) in [7, 11) is 0. The van der Waals surface area contributed by atoms with Crippen LogP contribution in [0.4, 0.5) is 26.3 Å². The van der Waals surface area contributed by atoms with E-state index in [1.807, 2.05) is 0 Å². The summed E-state index contributed by atoms with van der Waals surface area (Å²) in [6.07, 6.45) is -6.82. The highest BCUT2D eigenvalue weighted by Crippen LogP contribution is 2.33. The number of halogens is 6. The third-order valence-electron chi connectivity index (χ3n) is 6.82. The minimum absolute atomic E-state index is 0.0158. The molecule has 0 spiro atoms. The van der Waals surface area contributed by atoms with Gasteiger partial charge in [-0.25, -0.2) is 9.18 Å². The van der Waals surface area contributed by atoms with Crippen LogP contribution in [0.15, 0.2) is 45.6 Å². The molecule has 2 aromatic heterocycles. The molecular weight excluding hydrogens is 532 g/mol. The molecule has 5 rings (SSSR count). The standard InChI is InChI=1S/C25H21F6N5O3/c1-13(37)34-8-6-17(7-9-34)36-19-5-4-16(25(29,30)31)11-20(19)35(24(36)38)12-15-3-2-14(10-18(15)26)22-32-33-23(39-22)21(27)28/h2-5,10-11,17,21H,6-9,12H2,1H3. The summed E-state index contributed by atoms with van der Waals surface area (Å²) >= 11 is 0. The Balaban J connectivity index is 1.54. The quantitative estimate of drug-likeness (QED) is 0.318. The molecule has 0 N–H and O–H groups in total. The number of piperidine rings is 1. The predicted octanol–water partition coefficient (Wildman–Crippen LogP) is 5.18. The number of alkyl halides is 5. The minimum atomic E-state index is -4.67. The van der Waals surface area contributed by atoms with Gasteiger partial charge >= 0.3 is 18.3 Å². The molecule has 0 bridgehead atoms. The van der Waals surface area contributed by atoms with Crippen molar-refractivity contribution in [3.63, 3.8) is 0 Å². The number of nitrogens with zero attached hydrogens (tertiary/aromatic N) is 5. The van der Waals surface area contributed by atoms with Crippen LogP contribution in [0.25, 0.3) is 22.5 Å². The van der Waals surface area contributed by atoms with Crippen molar-refractivity contribution in [1.82, 2.24) is 24.2 Å². The fourth-order valence-electron chi connectivity index (χ4n) is 4.82. The Labute approximate surface area is 216 Å². The van der Waals surface area contributed by atoms with Crippen LogP contribution in [0, 0.1) is 5.82 Å². The van der Waals surface area contributed by atoms with E-state index in [0.717, 1.165) is 22.8 Å². The molecule has 1 amide bonds. The number of likely N-dealkylation sites (tertiary alicyclic amines) is 1. The fourth-order valence-corrected chi connectivity index (χ4v) is 4.82. The predicted molar refractivity (Wildman–Crippen MR) is 125 cm³/mol. The largest absolute Gasteiger partial charge is 0.416 e. The van der Waals surface area contributed by atoms with Crippen LogP contribution in [0.2, 0.25) is 0 Å². The molecule has 3 heterocycles. The second-order valence-electron chi connectivity index (χ2n) is 9.23. The Hall–Kier alpha value is -4.10. The van der Waals surface area contributed by atoms with Crippen molar-refractivity contribution in [2.45, 2.75) is 45.0 Å². The van der Waals surface area contributed by atoms with E-state index < -0.39 is 42.1 Å². The van der Waals surface area contributed by atoms with Crippen molar-refractivity contribution in [3.05, 3.63) is 69.7 Å². The maximum atomic E-state index is 15.1. The molecule has 14 heteroatoms. The molecule has 0 atom stereocenters. The van der Waals surface area contributed by atoms with Gasteiger partial charge in [-0.15, -0.1) is 10.2 Å². The number of benzene rings is 2. The number of hydrogen-bond acceptors (Lipinski definition) is 5. The zero-order chi connectivity index (χ0) is 28.1. The van der Waals surface area contributed by atoms with Crippen molar-refractivity contribution in [3.8, 4) is 11.5 Å². The van der Waals surface area contributed by atoms with Gasteiger partial charge in [0.1, 0.15) is 5.82 Å². The van der Waals surface area contributed by atoms with Crippen molar-refractivity contribution >= 4 is 16.9 Å². The maximum absolute atomic E-state index is 15.1. The van der Waals surface area contributed by atoms with Gasteiger partial charge in [0.2, 0.25) is 11.8 Å². The molecule has 206 valence electrons. The van der Waals surface area contributed by atoms with Crippen LogP contribution in [-0.2, 0) is 17.5 Å². The molecule has 2 aromatic carbocycles. The van der Waals surface area contributed by atoms with Crippen molar-refractivity contribution < 1.29 is 35.6 Å². The van der Waals surface area contributed by atoms with Gasteiger partial charge in [0.25, 0.3) is 5.89 Å². The Morgan fingerprint density at radius 1 is 1.08 bits per heavy atom. The molecule has 39 heavy (non-hydrogen) atoms. The van der Waals surface area contributed by atoms with Gasteiger partial charge < -0.3 is 9.32 Å². The Kier molecular flexibility index (Phi) is 6.72. The second-order valence-corrected chi connectivity index (χ2v) is 9.23. The lowest BCUT2D eigenvalue weighted by atomic mass is 10.0. The zero-order valence-electron chi connectivity index (χ0n) is 20.4. The van der Waals surface area contributed by atoms with Crippen LogP contribution >= 0.6 is 0 Å². The number of fused-ring (bicyclic) bond motifs is 1. The molecular formula is C25H21F6N5O3. The molecule has 0 radical (unpaired) electrons. The molecule has 1 saturated heterocycles. The van der Waals surface area contributed by atoms with Gasteiger partial charge in [-0.3, -0.25) is 13.9 Å². The molecule has 8 nitrogen and oxygen atoms in total. The van der Waals surface area contributed by atoms with E-state index in [9.17, 15) is 31.5 Å². The molecule has 0 aliphatic carbocycles. The van der Waals surface area contributed by atoms with Crippen molar-refractivity contribution in [2.24, 2.45) is 0 Å². The first kappa shape index (κ1) is 26.5. The van der Waals surface area contributed by atoms with E-state index in [2.05, 4.69) is 10.2 Å². The van der Waals surface area contributed by atoms with E-state index in [4.69, 9.17) is 4.42 Å². The minimum Gasteiger partial charge on any atom is -0.415 e. The van der Waals surface area contributed by atoms with E-state index in [-0.39, 0.29) is 40.0 Å². The lowest BCUT2D eigenvalue weighted by molar-refractivity contribution is -0.137. The lowest BCUT2D eigenvalue weighted by Crippen LogP contribution is -2.40. The number of carbonyl (C=O) groups excluding carboxylic acids is 1. The fraction of sp³-hybridized carbons (Fsp3) is 0.360. The summed E-state index contributed by atoms with van der Waals surface area (Å²) in [6.45, 7) is 1.82. The first-order valence-electron chi connectivity index (χ1n) is 11.9. The highest BCUT2D eigenvalue weighted by molar-refractivity contribution is 5.78. The summed E-state index contributed by atoms with van der Waals surface area (Å²) in [5.74, 6) is -2.22. The maximum Gasteiger partial charge on any atom is 0.416 e. The van der Waals surface area contributed by atoms with Crippen LogP contribution in [0.5, 0.6) is 0 Å². The normalized spacial score (nSPS) is 15.0. The number of imidazole rings is 1. The number of aromatic nitrogens is 4. The molecule has 1 fully saturated rings. The van der Waals surface area contributed by atoms with E-state index >= 15 is 4.39 Å². The highest BCUT2D eigenvalue weighted by atomic mass is 19.4. The van der Waals surface area contributed by atoms with Crippen LogP contribution < -0.4 is 5.69 Å².